The maximum absolute atomic E-state index is 13.3. The lowest BCUT2D eigenvalue weighted by Crippen LogP contribution is -2.38. The van der Waals surface area contributed by atoms with E-state index in [0.29, 0.717) is 22.7 Å². The summed E-state index contributed by atoms with van der Waals surface area (Å²) in [6.07, 6.45) is 2.72. The summed E-state index contributed by atoms with van der Waals surface area (Å²) in [5.74, 6) is 1.00. The zero-order valence-corrected chi connectivity index (χ0v) is 18.2. The predicted molar refractivity (Wildman–Crippen MR) is 125 cm³/mol. The molecule has 6 heteroatoms. The Balaban J connectivity index is 1.44. The molecule has 5 rings (SSSR count). The molecule has 1 fully saturated rings. The lowest BCUT2D eigenvalue weighted by molar-refractivity contribution is -0.110. The fraction of sp³-hybridized carbons (Fsp3) is 0.231. The number of hydrogen-bond acceptors (Lipinski definition) is 4. The lowest BCUT2D eigenvalue weighted by Gasteiger charge is -2.25. The van der Waals surface area contributed by atoms with Crippen LogP contribution in [0.1, 0.15) is 28.1 Å². The van der Waals surface area contributed by atoms with Gasteiger partial charge in [0.15, 0.2) is 0 Å². The van der Waals surface area contributed by atoms with Gasteiger partial charge in [-0.05, 0) is 50.4 Å². The molecule has 6 nitrogen and oxygen atoms in total. The first-order valence-electron chi connectivity index (χ1n) is 10.8. The number of rotatable bonds is 4. The quantitative estimate of drug-likeness (QED) is 0.634. The third-order valence-electron chi connectivity index (χ3n) is 6.28. The number of likely N-dealkylation sites (tertiary alicyclic amines) is 1. The predicted octanol–water partition coefficient (Wildman–Crippen LogP) is 4.22. The zero-order valence-electron chi connectivity index (χ0n) is 18.2. The minimum atomic E-state index is -0.150. The van der Waals surface area contributed by atoms with Crippen LogP contribution in [0.15, 0.2) is 65.1 Å². The molecular weight excluding hydrogens is 402 g/mol. The normalized spacial score (nSPS) is 19.2. The van der Waals surface area contributed by atoms with Gasteiger partial charge in [0.1, 0.15) is 11.5 Å². The van der Waals surface area contributed by atoms with Crippen molar-refractivity contribution in [1.82, 2.24) is 9.80 Å². The Morgan fingerprint density at radius 2 is 1.84 bits per heavy atom. The van der Waals surface area contributed by atoms with Gasteiger partial charge in [-0.15, -0.1) is 0 Å². The number of carbonyl (C=O) groups is 2. The number of amides is 2. The molecule has 32 heavy (non-hydrogen) atoms. The molecule has 3 heterocycles. The highest BCUT2D eigenvalue weighted by Crippen LogP contribution is 2.34. The molecule has 2 aromatic carbocycles. The van der Waals surface area contributed by atoms with Crippen LogP contribution in [0.25, 0.3) is 23.0 Å². The number of carbonyl (C=O) groups excluding carboxylic acids is 2. The maximum atomic E-state index is 13.3. The van der Waals surface area contributed by atoms with Crippen LogP contribution in [0.4, 0.5) is 5.69 Å². The summed E-state index contributed by atoms with van der Waals surface area (Å²) in [5.41, 5.74) is 3.58. The molecule has 0 bridgehead atoms. The number of hydrogen-bond donors (Lipinski definition) is 1. The van der Waals surface area contributed by atoms with Crippen molar-refractivity contribution >= 4 is 29.2 Å². The van der Waals surface area contributed by atoms with Crippen molar-refractivity contribution in [3.05, 3.63) is 77.6 Å². The van der Waals surface area contributed by atoms with Gasteiger partial charge in [0.25, 0.3) is 11.8 Å². The summed E-state index contributed by atoms with van der Waals surface area (Å²) in [5, 5.41) is 2.87. The smallest absolute Gasteiger partial charge is 0.256 e. The van der Waals surface area contributed by atoms with Gasteiger partial charge in [0.05, 0.1) is 11.1 Å². The highest BCUT2D eigenvalue weighted by molar-refractivity contribution is 6.34. The Morgan fingerprint density at radius 3 is 2.62 bits per heavy atom. The number of nitrogens with one attached hydrogen (secondary N) is 1. The fourth-order valence-corrected chi connectivity index (χ4v) is 4.47. The summed E-state index contributed by atoms with van der Waals surface area (Å²) in [6, 6.07) is 19.0. The molecule has 2 amide bonds. The first kappa shape index (κ1) is 20.3. The second-order valence-electron chi connectivity index (χ2n) is 8.43. The summed E-state index contributed by atoms with van der Waals surface area (Å²) in [7, 11) is 3.95. The van der Waals surface area contributed by atoms with Gasteiger partial charge in [-0.1, -0.05) is 36.4 Å². The molecule has 0 spiro atoms. The Kier molecular flexibility index (Phi) is 5.15. The van der Waals surface area contributed by atoms with Gasteiger partial charge in [-0.2, -0.15) is 0 Å². The van der Waals surface area contributed by atoms with Gasteiger partial charge < -0.3 is 19.5 Å². The SMILES string of the molecule is CN1CCC(N(C)C(=O)c2ccccc2-c2ccc(/C=C3/C(=O)Nc4ccccc43)o2)C1. The number of fused-ring (bicyclic) bond motifs is 1. The van der Waals surface area contributed by atoms with Crippen molar-refractivity contribution in [3.63, 3.8) is 0 Å². The molecule has 3 aromatic rings. The Labute approximate surface area is 187 Å². The average Bonchev–Trinajstić information content (AvgIpc) is 3.52. The van der Waals surface area contributed by atoms with Crippen molar-refractivity contribution < 1.29 is 14.0 Å². The second-order valence-corrected chi connectivity index (χ2v) is 8.43. The molecular formula is C26H25N3O3. The van der Waals surface area contributed by atoms with E-state index in [9.17, 15) is 9.59 Å². The number of furan rings is 1. The molecule has 1 aromatic heterocycles. The van der Waals surface area contributed by atoms with Crippen LogP contribution in [0.2, 0.25) is 0 Å². The number of anilines is 1. The monoisotopic (exact) mass is 427 g/mol. The van der Waals surface area contributed by atoms with Crippen molar-refractivity contribution in [2.24, 2.45) is 0 Å². The fourth-order valence-electron chi connectivity index (χ4n) is 4.47. The van der Waals surface area contributed by atoms with Crippen molar-refractivity contribution in [2.75, 3.05) is 32.5 Å². The lowest BCUT2D eigenvalue weighted by atomic mass is 10.0. The van der Waals surface area contributed by atoms with Crippen LogP contribution in [0, 0.1) is 0 Å². The number of para-hydroxylation sites is 1. The molecule has 0 saturated carbocycles. The minimum absolute atomic E-state index is 0.0127. The molecule has 2 aliphatic heterocycles. The van der Waals surface area contributed by atoms with E-state index in [4.69, 9.17) is 4.42 Å². The third-order valence-corrected chi connectivity index (χ3v) is 6.28. The largest absolute Gasteiger partial charge is 0.457 e. The molecule has 0 radical (unpaired) electrons. The van der Waals surface area contributed by atoms with Crippen LogP contribution in [0.3, 0.4) is 0 Å². The molecule has 1 saturated heterocycles. The van der Waals surface area contributed by atoms with E-state index < -0.39 is 0 Å². The van der Waals surface area contributed by atoms with E-state index >= 15 is 0 Å². The third kappa shape index (κ3) is 3.63. The van der Waals surface area contributed by atoms with Gasteiger partial charge in [-0.25, -0.2) is 0 Å². The van der Waals surface area contributed by atoms with Gasteiger partial charge in [0.2, 0.25) is 0 Å². The zero-order chi connectivity index (χ0) is 22.2. The molecule has 162 valence electrons. The maximum Gasteiger partial charge on any atom is 0.256 e. The van der Waals surface area contributed by atoms with Gasteiger partial charge in [-0.3, -0.25) is 9.59 Å². The molecule has 1 atom stereocenters. The van der Waals surface area contributed by atoms with Crippen molar-refractivity contribution in [3.8, 4) is 11.3 Å². The standard InChI is InChI=1S/C26H25N3O3/c1-28-14-13-17(16-28)29(2)26(31)21-9-4-3-8-20(21)24-12-11-18(32-24)15-22-19-7-5-6-10-23(19)27-25(22)30/h3-12,15,17H,13-14,16H2,1-2H3,(H,27,30)/b22-15+. The van der Waals surface area contributed by atoms with E-state index in [1.807, 2.05) is 72.6 Å². The Hall–Kier alpha value is -3.64. The molecule has 0 aliphatic carbocycles. The summed E-state index contributed by atoms with van der Waals surface area (Å²) in [6.45, 7) is 1.88. The van der Waals surface area contributed by atoms with Gasteiger partial charge >= 0.3 is 0 Å². The number of nitrogens with zero attached hydrogens (tertiary/aromatic N) is 2. The van der Waals surface area contributed by atoms with Gasteiger partial charge in [0, 0.05) is 36.4 Å². The topological polar surface area (TPSA) is 65.8 Å². The van der Waals surface area contributed by atoms with Crippen LogP contribution >= 0.6 is 0 Å². The summed E-state index contributed by atoms with van der Waals surface area (Å²) >= 11 is 0. The van der Waals surface area contributed by atoms with E-state index in [-0.39, 0.29) is 17.9 Å². The number of benzene rings is 2. The minimum Gasteiger partial charge on any atom is -0.457 e. The molecule has 1 N–H and O–H groups in total. The van der Waals surface area contributed by atoms with E-state index in [0.717, 1.165) is 36.3 Å². The first-order chi connectivity index (χ1) is 15.5. The summed E-state index contributed by atoms with van der Waals surface area (Å²) < 4.78 is 6.07. The highest BCUT2D eigenvalue weighted by Gasteiger charge is 2.29. The van der Waals surface area contributed by atoms with E-state index in [1.54, 1.807) is 6.08 Å². The van der Waals surface area contributed by atoms with Crippen LogP contribution in [0.5, 0.6) is 0 Å². The van der Waals surface area contributed by atoms with Crippen LogP contribution in [-0.2, 0) is 4.79 Å². The molecule has 1 unspecified atom stereocenters. The summed E-state index contributed by atoms with van der Waals surface area (Å²) in [4.78, 5) is 29.8. The molecule has 2 aliphatic rings. The van der Waals surface area contributed by atoms with Crippen molar-refractivity contribution in [2.45, 2.75) is 12.5 Å². The highest BCUT2D eigenvalue weighted by atomic mass is 16.3. The Bertz CT molecular complexity index is 1230. The van der Waals surface area contributed by atoms with Crippen LogP contribution in [-0.4, -0.2) is 54.8 Å². The van der Waals surface area contributed by atoms with Crippen molar-refractivity contribution in [1.29, 1.82) is 0 Å². The number of likely N-dealkylation sites (N-methyl/N-ethyl adjacent to an activating group) is 2. The van der Waals surface area contributed by atoms with Crippen LogP contribution < -0.4 is 5.32 Å². The second kappa shape index (κ2) is 8.13. The van der Waals surface area contributed by atoms with E-state index in [2.05, 4.69) is 17.3 Å². The average molecular weight is 428 g/mol. The van der Waals surface area contributed by atoms with E-state index in [1.165, 1.54) is 0 Å². The Morgan fingerprint density at radius 1 is 1.09 bits per heavy atom. The first-order valence-corrected chi connectivity index (χ1v) is 10.8.